The molecule has 5 aliphatic rings. The van der Waals surface area contributed by atoms with Gasteiger partial charge in [-0.05, 0) is 85.4 Å². The van der Waals surface area contributed by atoms with Crippen LogP contribution in [0.25, 0.3) is 0 Å². The summed E-state index contributed by atoms with van der Waals surface area (Å²) in [5.74, 6) is -4.84. The predicted octanol–water partition coefficient (Wildman–Crippen LogP) is 7.61. The molecule has 5 heterocycles. The van der Waals surface area contributed by atoms with Crippen LogP contribution in [0.3, 0.4) is 0 Å². The summed E-state index contributed by atoms with van der Waals surface area (Å²) in [4.78, 5) is 179. The summed E-state index contributed by atoms with van der Waals surface area (Å²) >= 11 is 0. The minimum absolute atomic E-state index is 0.00383. The largest absolute Gasteiger partial charge is 0.493 e. The lowest BCUT2D eigenvalue weighted by Crippen LogP contribution is -2.50. The highest BCUT2D eigenvalue weighted by Gasteiger charge is 2.47. The molecule has 30 nitrogen and oxygen atoms in total. The highest BCUT2D eigenvalue weighted by Crippen LogP contribution is 2.42. The van der Waals surface area contributed by atoms with Crippen LogP contribution >= 0.6 is 0 Å². The van der Waals surface area contributed by atoms with Crippen molar-refractivity contribution >= 4 is 88.0 Å². The molecule has 0 unspecified atom stereocenters. The van der Waals surface area contributed by atoms with Crippen LogP contribution < -0.4 is 40.0 Å². The van der Waals surface area contributed by atoms with E-state index in [1.54, 1.807) is 107 Å². The number of amides is 9. The average molecular weight is 1590 g/mol. The van der Waals surface area contributed by atoms with E-state index in [1.165, 1.54) is 29.0 Å². The number of ketones is 4. The number of hydrogen-bond acceptors (Lipinski definition) is 22. The molecular weight excluding hydrogens is 1480 g/mol. The highest BCUT2D eigenvalue weighted by molar-refractivity contribution is 6.13. The Kier molecular flexibility index (Phi) is 31.7. The van der Waals surface area contributed by atoms with Gasteiger partial charge in [0.2, 0.25) is 17.7 Å². The predicted molar refractivity (Wildman–Crippen MR) is 421 cm³/mol. The van der Waals surface area contributed by atoms with E-state index < -0.39 is 78.0 Å². The Bertz CT molecular complexity index is 4310. The van der Waals surface area contributed by atoms with Gasteiger partial charge in [0.05, 0.1) is 107 Å². The van der Waals surface area contributed by atoms with Crippen molar-refractivity contribution in [1.29, 1.82) is 0 Å². The van der Waals surface area contributed by atoms with Crippen molar-refractivity contribution in [3.8, 4) is 17.2 Å². The molecule has 0 radical (unpaired) electrons. The second-order valence-electron chi connectivity index (χ2n) is 30.2. The molecule has 2 fully saturated rings. The van der Waals surface area contributed by atoms with Crippen LogP contribution in [0.4, 0.5) is 21.0 Å². The number of fused-ring (bicyclic) bond motifs is 4. The number of aliphatic hydroxyl groups is 1. The summed E-state index contributed by atoms with van der Waals surface area (Å²) in [6, 6.07) is 16.8. The van der Waals surface area contributed by atoms with Gasteiger partial charge in [0.25, 0.3) is 23.6 Å². The topological polar surface area (TPSA) is 368 Å². The first-order chi connectivity index (χ1) is 54.9. The van der Waals surface area contributed by atoms with Gasteiger partial charge in [0.15, 0.2) is 29.3 Å². The molecule has 4 aromatic carbocycles. The Hall–Kier alpha value is -11.0. The summed E-state index contributed by atoms with van der Waals surface area (Å²) in [6.45, 7) is 21.9. The summed E-state index contributed by atoms with van der Waals surface area (Å²) < 4.78 is 46.1. The SMILES string of the molecule is C=C1C[C@H]2CN(C(=O)OCc3ccc(CC(=O)[C@H](C)NC(=O)[C@@H](CC(=O)CCOCCOC)C(C)C)cc3)c3cc(OCCCOc4cc5c(cc4C)C(=O)N4CC(=C)C[C@H]4[C@H](O)N5C(=O)OCc4ccc(CC(=O)[C@H](C)NC(=O)[C@@H](CC(=O)CCOCCNC(=O)CCN5C(=O)C=CC5=O)C(C)C)cc4)c(OC)cc3C(=O)N2C1. The van der Waals surface area contributed by atoms with Crippen molar-refractivity contribution in [2.45, 2.75) is 156 Å². The van der Waals surface area contributed by atoms with Crippen LogP contribution in [0.15, 0.2) is 109 Å². The average Bonchev–Trinajstić information content (AvgIpc) is 1.63. The molecule has 2 saturated heterocycles. The number of carbonyl (C=O) groups is 13. The van der Waals surface area contributed by atoms with Gasteiger partial charge in [-0.25, -0.2) is 14.5 Å². The van der Waals surface area contributed by atoms with Crippen molar-refractivity contribution < 1.29 is 105 Å². The van der Waals surface area contributed by atoms with Gasteiger partial charge >= 0.3 is 12.2 Å². The molecule has 9 amide bonds. The number of imide groups is 1. The third-order valence-electron chi connectivity index (χ3n) is 20.9. The van der Waals surface area contributed by atoms with Gasteiger partial charge in [-0.15, -0.1) is 0 Å². The van der Waals surface area contributed by atoms with Gasteiger partial charge in [0, 0.05) is 121 Å². The van der Waals surface area contributed by atoms with E-state index >= 15 is 0 Å². The Morgan fingerprint density at radius 3 is 1.63 bits per heavy atom. The van der Waals surface area contributed by atoms with Crippen LogP contribution in [-0.2, 0) is 92.9 Å². The fourth-order valence-electron chi connectivity index (χ4n) is 14.1. The first-order valence-electron chi connectivity index (χ1n) is 38.9. The van der Waals surface area contributed by atoms with E-state index in [9.17, 15) is 67.4 Å². The monoisotopic (exact) mass is 1590 g/mol. The number of rotatable bonds is 42. The Balaban J connectivity index is 0.766. The molecular formula is C85H106N8O22. The molecule has 9 rings (SSSR count). The van der Waals surface area contributed by atoms with Gasteiger partial charge in [0.1, 0.15) is 30.5 Å². The molecule has 0 bridgehead atoms. The number of ether oxygens (including phenoxy) is 8. The van der Waals surface area contributed by atoms with Crippen LogP contribution in [0.5, 0.6) is 17.2 Å². The smallest absolute Gasteiger partial charge is 0.416 e. The zero-order chi connectivity index (χ0) is 83.3. The summed E-state index contributed by atoms with van der Waals surface area (Å²) in [5.41, 5.74) is 5.03. The summed E-state index contributed by atoms with van der Waals surface area (Å²) in [7, 11) is 2.99. The number of nitrogens with one attached hydrogen (secondary N) is 3. The molecule has 0 aromatic heterocycles. The molecule has 115 heavy (non-hydrogen) atoms. The van der Waals surface area contributed by atoms with Crippen molar-refractivity contribution in [2.24, 2.45) is 23.7 Å². The number of benzene rings is 4. The maximum atomic E-state index is 14.4. The maximum absolute atomic E-state index is 14.4. The van der Waals surface area contributed by atoms with Gasteiger partial charge in [-0.3, -0.25) is 62.5 Å². The maximum Gasteiger partial charge on any atom is 0.416 e. The van der Waals surface area contributed by atoms with E-state index in [-0.39, 0.29) is 229 Å². The molecule has 4 N–H and O–H groups in total. The van der Waals surface area contributed by atoms with Crippen molar-refractivity contribution in [2.75, 3.05) is 103 Å². The molecule has 7 atom stereocenters. The van der Waals surface area contributed by atoms with E-state index in [1.807, 2.05) is 13.8 Å². The zero-order valence-corrected chi connectivity index (χ0v) is 66.9. The Morgan fingerprint density at radius 2 is 1.07 bits per heavy atom. The molecule has 4 aromatic rings. The minimum atomic E-state index is -1.57. The second-order valence-corrected chi connectivity index (χ2v) is 30.2. The standard InChI is InChI=1S/C85H106N8O22/c1-50(2)64(40-62(94)24-30-110-32-26-86-76(98)23-27-89-77(99)21-22-78(89)100)79(101)87-56(9)72(97)39-58-15-19-60(20-16-58)49-115-85(107)93-69-44-73(54(7)37-66(69)82(104)91-46-53(6)36-70(91)83(93)105)112-28-12-29-113-75-43-68-67(42-74(75)109-11)81(103)90-45-52(5)35-61(90)47-92(68)84(106)114-48-59-17-13-57(14-18-59)38-71(96)55(8)88-80(102)65(51(3)4)41-63(95)25-31-111-34-33-108-10/h13-22,37,42-44,50-51,55-56,61,64-65,70,83,105H,5-6,12,23-36,38-41,45-49H2,1-4,7-11H3,(H,86,98)(H,87,101)(H,88,102)/t55-,56-,61-,64-,65-,70-,83-/m0/s1. The number of methoxy groups -OCH3 is 2. The lowest BCUT2D eigenvalue weighted by molar-refractivity contribution is -0.137. The number of nitrogens with zero attached hydrogens (tertiary/aromatic N) is 5. The van der Waals surface area contributed by atoms with E-state index in [0.29, 0.717) is 53.0 Å². The number of carbonyl (C=O) groups excluding carboxylic acids is 13. The quantitative estimate of drug-likeness (QED) is 0.0188. The van der Waals surface area contributed by atoms with E-state index in [0.717, 1.165) is 27.5 Å². The first kappa shape index (κ1) is 88.0. The lowest BCUT2D eigenvalue weighted by Gasteiger charge is -2.31. The van der Waals surface area contributed by atoms with Crippen molar-refractivity contribution in [3.05, 3.63) is 148 Å². The number of aliphatic hydroxyl groups excluding tert-OH is 1. The highest BCUT2D eigenvalue weighted by atomic mass is 16.6. The first-order valence-corrected chi connectivity index (χ1v) is 38.9. The fraction of sp³-hybridized carbons (Fsp3) is 0.494. The van der Waals surface area contributed by atoms with Gasteiger partial charge in [-0.2, -0.15) is 0 Å². The second kappa shape index (κ2) is 41.4. The number of hydrogen-bond donors (Lipinski definition) is 4. The number of anilines is 2. The summed E-state index contributed by atoms with van der Waals surface area (Å²) in [5, 5.41) is 20.3. The van der Waals surface area contributed by atoms with Gasteiger partial charge < -0.3 is 68.8 Å². The van der Waals surface area contributed by atoms with E-state index in [4.69, 9.17) is 37.9 Å². The van der Waals surface area contributed by atoms with Crippen LogP contribution in [0.1, 0.15) is 141 Å². The fourth-order valence-corrected chi connectivity index (χ4v) is 14.1. The molecule has 30 heteroatoms. The van der Waals surface area contributed by atoms with Crippen molar-refractivity contribution in [3.63, 3.8) is 0 Å². The number of Topliss-reactive ketones (excluding diaryl/α,β-unsaturated/α-hetero) is 4. The molecule has 618 valence electrons. The van der Waals surface area contributed by atoms with Crippen molar-refractivity contribution in [1.82, 2.24) is 30.7 Å². The lowest BCUT2D eigenvalue weighted by atomic mass is 9.88. The third kappa shape index (κ3) is 23.6. The van der Waals surface area contributed by atoms with E-state index in [2.05, 4.69) is 29.1 Å². The minimum Gasteiger partial charge on any atom is -0.493 e. The normalized spacial score (nSPS) is 17.4. The van der Waals surface area contributed by atoms with Crippen LogP contribution in [0, 0.1) is 30.6 Å². The molecule has 0 aliphatic carbocycles. The molecule has 0 saturated carbocycles. The molecule has 5 aliphatic heterocycles. The van der Waals surface area contributed by atoms with Gasteiger partial charge in [-0.1, -0.05) is 101 Å². The Labute approximate surface area is 669 Å². The van der Waals surface area contributed by atoms with Crippen LogP contribution in [0.2, 0.25) is 0 Å². The molecule has 0 spiro atoms. The van der Waals surface area contributed by atoms with Crippen LogP contribution in [-0.4, -0.2) is 220 Å². The zero-order valence-electron chi connectivity index (χ0n) is 66.9. The Morgan fingerprint density at radius 1 is 0.565 bits per heavy atom. The summed E-state index contributed by atoms with van der Waals surface area (Å²) in [6.07, 6.45) is -0.0689. The number of aryl methyl sites for hydroxylation is 1. The third-order valence-corrected chi connectivity index (χ3v) is 20.9.